The highest BCUT2D eigenvalue weighted by atomic mass is 32.2. The summed E-state index contributed by atoms with van der Waals surface area (Å²) in [6.45, 7) is 0. The lowest BCUT2D eigenvalue weighted by atomic mass is 10.1. The Morgan fingerprint density at radius 3 is 2.50 bits per heavy atom. The lowest BCUT2D eigenvalue weighted by molar-refractivity contribution is 0.604. The van der Waals surface area contributed by atoms with E-state index in [9.17, 15) is 8.42 Å². The van der Waals surface area contributed by atoms with Crippen LogP contribution in [-0.4, -0.2) is 20.4 Å². The summed E-state index contributed by atoms with van der Waals surface area (Å²) in [5.74, 6) is 0.228. The zero-order chi connectivity index (χ0) is 10.2. The van der Waals surface area contributed by atoms with Crippen LogP contribution in [0, 0.1) is 0 Å². The number of hydrogen-bond donors (Lipinski definition) is 0. The van der Waals surface area contributed by atoms with Gasteiger partial charge in [0.05, 0.1) is 6.26 Å². The fourth-order valence-electron chi connectivity index (χ4n) is 1.46. The van der Waals surface area contributed by atoms with Crippen molar-refractivity contribution in [3.8, 4) is 0 Å². The first-order chi connectivity index (χ1) is 6.56. The lowest BCUT2D eigenvalue weighted by Crippen LogP contribution is -1.91. The van der Waals surface area contributed by atoms with Crippen LogP contribution < -0.4 is 0 Å². The second-order valence-corrected chi connectivity index (χ2v) is 5.13. The third-order valence-electron chi connectivity index (χ3n) is 2.14. The number of benzene rings is 1. The van der Waals surface area contributed by atoms with Crippen molar-refractivity contribution in [3.63, 3.8) is 0 Å². The summed E-state index contributed by atoms with van der Waals surface area (Å²) in [6.07, 6.45) is 1.90. The highest BCUT2D eigenvalue weighted by molar-refractivity contribution is 7.89. The van der Waals surface area contributed by atoms with Gasteiger partial charge in [-0.15, -0.1) is 0 Å². The molecule has 0 N–H and O–H groups in total. The van der Waals surface area contributed by atoms with Gasteiger partial charge in [0.25, 0.3) is 0 Å². The fraction of sp³-hybridized carbons (Fsp3) is 0.300. The van der Waals surface area contributed by atoms with Crippen LogP contribution in [0.3, 0.4) is 0 Å². The number of sulfonamides is 1. The van der Waals surface area contributed by atoms with Gasteiger partial charge in [0.15, 0.2) is 0 Å². The molecule has 0 aromatic heterocycles. The molecule has 0 radical (unpaired) electrons. The second-order valence-electron chi connectivity index (χ2n) is 3.48. The van der Waals surface area contributed by atoms with E-state index in [2.05, 4.69) is 4.40 Å². The molecule has 1 aromatic rings. The molecule has 4 heteroatoms. The molecule has 3 nitrogen and oxygen atoms in total. The predicted octanol–water partition coefficient (Wildman–Crippen LogP) is 1.57. The summed E-state index contributed by atoms with van der Waals surface area (Å²) in [4.78, 5) is 0. The van der Waals surface area contributed by atoms with Crippen molar-refractivity contribution < 1.29 is 8.42 Å². The normalized spacial score (nSPS) is 23.8. The molecule has 1 aliphatic rings. The van der Waals surface area contributed by atoms with Crippen LogP contribution in [0.1, 0.15) is 17.9 Å². The molecule has 14 heavy (non-hydrogen) atoms. The van der Waals surface area contributed by atoms with Gasteiger partial charge in [0, 0.05) is 11.6 Å². The summed E-state index contributed by atoms with van der Waals surface area (Å²) in [5, 5.41) is 0. The fourth-order valence-corrected chi connectivity index (χ4v) is 2.09. The van der Waals surface area contributed by atoms with Crippen LogP contribution in [0.4, 0.5) is 0 Å². The van der Waals surface area contributed by atoms with Gasteiger partial charge in [-0.2, -0.15) is 4.40 Å². The van der Waals surface area contributed by atoms with Crippen molar-refractivity contribution in [2.24, 2.45) is 4.40 Å². The molecule has 0 bridgehead atoms. The number of hydrogen-bond acceptors (Lipinski definition) is 2. The zero-order valence-electron chi connectivity index (χ0n) is 7.84. The van der Waals surface area contributed by atoms with Gasteiger partial charge < -0.3 is 0 Å². The van der Waals surface area contributed by atoms with E-state index in [4.69, 9.17) is 0 Å². The molecule has 0 aliphatic heterocycles. The molecule has 0 heterocycles. The summed E-state index contributed by atoms with van der Waals surface area (Å²) < 4.78 is 25.4. The van der Waals surface area contributed by atoms with Crippen LogP contribution in [0.15, 0.2) is 34.7 Å². The second kappa shape index (κ2) is 3.20. The van der Waals surface area contributed by atoms with Gasteiger partial charge in [-0.3, -0.25) is 0 Å². The maximum atomic E-state index is 10.9. The smallest absolute Gasteiger partial charge is 0.205 e. The molecule has 1 aliphatic carbocycles. The predicted molar refractivity (Wildman–Crippen MR) is 56.1 cm³/mol. The summed E-state index contributed by atoms with van der Waals surface area (Å²) in [6, 6.07) is 9.83. The molecular formula is C10H11NO2S. The van der Waals surface area contributed by atoms with Crippen LogP contribution in [-0.2, 0) is 10.0 Å². The molecule has 1 atom stereocenters. The van der Waals surface area contributed by atoms with Crippen molar-refractivity contribution in [1.29, 1.82) is 0 Å². The Morgan fingerprint density at radius 2 is 1.93 bits per heavy atom. The standard InChI is InChI=1S/C10H11NO2S/c1-14(12,13)11-10-7-9(10)8-5-3-2-4-6-8/h2-6,9H,7H2,1H3/b11-10+. The highest BCUT2D eigenvalue weighted by Gasteiger charge is 2.34. The first-order valence-corrected chi connectivity index (χ1v) is 6.25. The van der Waals surface area contributed by atoms with Crippen LogP contribution in [0.5, 0.6) is 0 Å². The first kappa shape index (κ1) is 9.40. The van der Waals surface area contributed by atoms with E-state index in [1.54, 1.807) is 0 Å². The van der Waals surface area contributed by atoms with Crippen molar-refractivity contribution in [3.05, 3.63) is 35.9 Å². The zero-order valence-corrected chi connectivity index (χ0v) is 8.66. The largest absolute Gasteiger partial charge is 0.250 e. The van der Waals surface area contributed by atoms with E-state index in [0.717, 1.165) is 24.0 Å². The molecular weight excluding hydrogens is 198 g/mol. The van der Waals surface area contributed by atoms with Gasteiger partial charge in [-0.25, -0.2) is 8.42 Å². The van der Waals surface area contributed by atoms with Gasteiger partial charge in [0.1, 0.15) is 0 Å². The Bertz CT molecular complexity index is 462. The Morgan fingerprint density at radius 1 is 1.29 bits per heavy atom. The molecule has 0 saturated heterocycles. The minimum atomic E-state index is -3.21. The molecule has 1 fully saturated rings. The minimum Gasteiger partial charge on any atom is -0.205 e. The van der Waals surface area contributed by atoms with E-state index < -0.39 is 10.0 Å². The summed E-state index contributed by atoms with van der Waals surface area (Å²) >= 11 is 0. The number of rotatable bonds is 2. The van der Waals surface area contributed by atoms with Crippen LogP contribution >= 0.6 is 0 Å². The molecule has 2 rings (SSSR count). The summed E-state index contributed by atoms with van der Waals surface area (Å²) in [5.41, 5.74) is 1.92. The monoisotopic (exact) mass is 209 g/mol. The minimum absolute atomic E-state index is 0.228. The van der Waals surface area contributed by atoms with E-state index in [1.807, 2.05) is 30.3 Å². The Hall–Kier alpha value is -1.16. The van der Waals surface area contributed by atoms with Gasteiger partial charge >= 0.3 is 0 Å². The van der Waals surface area contributed by atoms with E-state index in [0.29, 0.717) is 0 Å². The molecule has 1 aromatic carbocycles. The van der Waals surface area contributed by atoms with E-state index >= 15 is 0 Å². The van der Waals surface area contributed by atoms with E-state index in [1.165, 1.54) is 0 Å². The Kier molecular flexibility index (Phi) is 2.15. The quantitative estimate of drug-likeness (QED) is 0.742. The number of nitrogens with zero attached hydrogens (tertiary/aromatic N) is 1. The topological polar surface area (TPSA) is 46.5 Å². The van der Waals surface area contributed by atoms with Crippen molar-refractivity contribution >= 4 is 15.7 Å². The van der Waals surface area contributed by atoms with Crippen molar-refractivity contribution in [2.75, 3.05) is 6.26 Å². The SMILES string of the molecule is CS(=O)(=O)/N=C1\CC1c1ccccc1. The average Bonchev–Trinajstić information content (AvgIpc) is 2.82. The van der Waals surface area contributed by atoms with Gasteiger partial charge in [-0.05, 0) is 12.0 Å². The molecule has 74 valence electrons. The first-order valence-electron chi connectivity index (χ1n) is 4.40. The highest BCUT2D eigenvalue weighted by Crippen LogP contribution is 2.37. The summed E-state index contributed by atoms with van der Waals surface area (Å²) in [7, 11) is -3.21. The molecule has 0 amide bonds. The van der Waals surface area contributed by atoms with Crippen molar-refractivity contribution in [1.82, 2.24) is 0 Å². The van der Waals surface area contributed by atoms with Gasteiger partial charge in [0.2, 0.25) is 10.0 Å². The third kappa shape index (κ3) is 2.20. The maximum absolute atomic E-state index is 10.9. The third-order valence-corrected chi connectivity index (χ3v) is 2.71. The Labute approximate surface area is 83.5 Å². The average molecular weight is 209 g/mol. The van der Waals surface area contributed by atoms with Crippen molar-refractivity contribution in [2.45, 2.75) is 12.3 Å². The van der Waals surface area contributed by atoms with Gasteiger partial charge in [-0.1, -0.05) is 30.3 Å². The van der Waals surface area contributed by atoms with E-state index in [-0.39, 0.29) is 5.92 Å². The lowest BCUT2D eigenvalue weighted by Gasteiger charge is -1.93. The molecule has 1 saturated carbocycles. The maximum Gasteiger partial charge on any atom is 0.250 e. The van der Waals surface area contributed by atoms with Crippen LogP contribution in [0.25, 0.3) is 0 Å². The van der Waals surface area contributed by atoms with Crippen LogP contribution in [0.2, 0.25) is 0 Å². The molecule has 1 unspecified atom stereocenters. The molecule has 0 spiro atoms. The Balaban J connectivity index is 2.19.